The summed E-state index contributed by atoms with van der Waals surface area (Å²) in [7, 11) is 0. The molecule has 0 N–H and O–H groups in total. The second kappa shape index (κ2) is 8.20. The molecule has 126 valence electrons. The van der Waals surface area contributed by atoms with Crippen molar-refractivity contribution in [3.05, 3.63) is 59.8 Å². The van der Waals surface area contributed by atoms with E-state index in [0.717, 1.165) is 42.0 Å². The number of hydrogen-bond donors (Lipinski definition) is 0. The lowest BCUT2D eigenvalue weighted by molar-refractivity contribution is 0.0678. The first-order valence-corrected chi connectivity index (χ1v) is 9.47. The zero-order chi connectivity index (χ0) is 16.8. The van der Waals surface area contributed by atoms with Gasteiger partial charge in [-0.25, -0.2) is 9.78 Å². The van der Waals surface area contributed by atoms with Crippen molar-refractivity contribution in [1.29, 1.82) is 0 Å². The molecule has 0 radical (unpaired) electrons. The van der Waals surface area contributed by atoms with Crippen molar-refractivity contribution in [2.45, 2.75) is 36.9 Å². The topological polar surface area (TPSA) is 42.4 Å². The van der Waals surface area contributed by atoms with E-state index in [9.17, 15) is 4.79 Å². The first-order chi connectivity index (χ1) is 11.8. The molecule has 1 aliphatic rings. The fraction of sp³-hybridized carbons (Fsp3) is 0.368. The van der Waals surface area contributed by atoms with Gasteiger partial charge in [-0.15, -0.1) is 11.8 Å². The Balaban J connectivity index is 1.67. The number of nitrogens with zero attached hydrogens (tertiary/aromatic N) is 2. The Bertz CT molecular complexity index is 661. The maximum atomic E-state index is 12.6. The summed E-state index contributed by atoms with van der Waals surface area (Å²) >= 11 is 1.62. The van der Waals surface area contributed by atoms with Crippen LogP contribution >= 0.6 is 11.8 Å². The molecule has 0 bridgehead atoms. The molecular weight excluding hydrogens is 320 g/mol. The SMILES string of the molecule is CSc1ccc([C@@H]2CCCCN2C(=O)OCc2ccccc2)cn1. The van der Waals surface area contributed by atoms with Gasteiger partial charge in [0.1, 0.15) is 6.61 Å². The highest BCUT2D eigenvalue weighted by atomic mass is 32.2. The number of amides is 1. The fourth-order valence-corrected chi connectivity index (χ4v) is 3.37. The largest absolute Gasteiger partial charge is 0.445 e. The molecule has 1 fully saturated rings. The molecule has 1 aliphatic heterocycles. The van der Waals surface area contributed by atoms with Gasteiger partial charge in [-0.2, -0.15) is 0 Å². The van der Waals surface area contributed by atoms with Gasteiger partial charge in [-0.05, 0) is 42.7 Å². The van der Waals surface area contributed by atoms with E-state index in [1.165, 1.54) is 0 Å². The number of benzene rings is 1. The van der Waals surface area contributed by atoms with Crippen LogP contribution in [0.2, 0.25) is 0 Å². The maximum Gasteiger partial charge on any atom is 0.410 e. The van der Waals surface area contributed by atoms with Crippen molar-refractivity contribution >= 4 is 17.9 Å². The van der Waals surface area contributed by atoms with E-state index in [2.05, 4.69) is 11.1 Å². The monoisotopic (exact) mass is 342 g/mol. The molecule has 0 aliphatic carbocycles. The Labute approximate surface area is 147 Å². The number of thioether (sulfide) groups is 1. The molecule has 4 nitrogen and oxygen atoms in total. The minimum atomic E-state index is -0.238. The third-order valence-corrected chi connectivity index (χ3v) is 4.96. The molecule has 0 saturated carbocycles. The first kappa shape index (κ1) is 16.8. The Morgan fingerprint density at radius 3 is 2.79 bits per heavy atom. The van der Waals surface area contributed by atoms with Crippen LogP contribution in [0.3, 0.4) is 0 Å². The van der Waals surface area contributed by atoms with Gasteiger partial charge >= 0.3 is 6.09 Å². The van der Waals surface area contributed by atoms with Crippen molar-refractivity contribution in [2.75, 3.05) is 12.8 Å². The predicted octanol–water partition coefficient (Wildman–Crippen LogP) is 4.67. The Morgan fingerprint density at radius 2 is 2.08 bits per heavy atom. The van der Waals surface area contributed by atoms with E-state index in [1.807, 2.05) is 53.8 Å². The van der Waals surface area contributed by atoms with Crippen LogP contribution in [0.5, 0.6) is 0 Å². The van der Waals surface area contributed by atoms with Crippen molar-refractivity contribution in [2.24, 2.45) is 0 Å². The van der Waals surface area contributed by atoms with E-state index in [0.29, 0.717) is 6.61 Å². The highest BCUT2D eigenvalue weighted by molar-refractivity contribution is 7.98. The second-order valence-corrected chi connectivity index (χ2v) is 6.71. The van der Waals surface area contributed by atoms with E-state index >= 15 is 0 Å². The zero-order valence-corrected chi connectivity index (χ0v) is 14.7. The van der Waals surface area contributed by atoms with Crippen LogP contribution in [0.4, 0.5) is 4.79 Å². The lowest BCUT2D eigenvalue weighted by Gasteiger charge is -2.35. The molecule has 2 aromatic rings. The third kappa shape index (κ3) is 4.09. The van der Waals surface area contributed by atoms with Crippen molar-refractivity contribution in [3.8, 4) is 0 Å². The van der Waals surface area contributed by atoms with Crippen LogP contribution in [0.1, 0.15) is 36.4 Å². The van der Waals surface area contributed by atoms with Crippen LogP contribution in [0.15, 0.2) is 53.7 Å². The summed E-state index contributed by atoms with van der Waals surface area (Å²) in [5.41, 5.74) is 2.09. The molecule has 0 spiro atoms. The number of hydrogen-bond acceptors (Lipinski definition) is 4. The van der Waals surface area contributed by atoms with Gasteiger partial charge in [0.2, 0.25) is 0 Å². The number of carbonyl (C=O) groups is 1. The summed E-state index contributed by atoms with van der Waals surface area (Å²) in [4.78, 5) is 18.9. The summed E-state index contributed by atoms with van der Waals surface area (Å²) in [5, 5.41) is 0.993. The van der Waals surface area contributed by atoms with E-state index in [4.69, 9.17) is 4.74 Å². The molecule has 1 aromatic carbocycles. The Kier molecular flexibility index (Phi) is 5.75. The smallest absolute Gasteiger partial charge is 0.410 e. The Hall–Kier alpha value is -2.01. The number of carbonyl (C=O) groups excluding carboxylic acids is 1. The first-order valence-electron chi connectivity index (χ1n) is 8.25. The lowest BCUT2D eigenvalue weighted by atomic mass is 9.97. The summed E-state index contributed by atoms with van der Waals surface area (Å²) in [6, 6.07) is 13.9. The standard InChI is InChI=1S/C19H22N2O2S/c1-24-18-11-10-16(13-20-18)17-9-5-6-12-21(17)19(22)23-14-15-7-3-2-4-8-15/h2-4,7-8,10-11,13,17H,5-6,9,12,14H2,1H3/t17-/m0/s1. The average Bonchev–Trinajstić information content (AvgIpc) is 2.67. The highest BCUT2D eigenvalue weighted by Crippen LogP contribution is 2.31. The Morgan fingerprint density at radius 1 is 1.25 bits per heavy atom. The van der Waals surface area contributed by atoms with E-state index in [1.54, 1.807) is 11.8 Å². The number of ether oxygens (including phenoxy) is 1. The minimum absolute atomic E-state index is 0.0606. The second-order valence-electron chi connectivity index (χ2n) is 5.88. The molecule has 1 aromatic heterocycles. The summed E-state index contributed by atoms with van der Waals surface area (Å²) < 4.78 is 5.53. The molecule has 2 heterocycles. The molecule has 1 saturated heterocycles. The molecule has 3 rings (SSSR count). The van der Waals surface area contributed by atoms with Gasteiger partial charge in [-0.1, -0.05) is 36.4 Å². The predicted molar refractivity (Wildman–Crippen MR) is 95.9 cm³/mol. The van der Waals surface area contributed by atoms with Gasteiger partial charge in [-0.3, -0.25) is 0 Å². The summed E-state index contributed by atoms with van der Waals surface area (Å²) in [5.74, 6) is 0. The summed E-state index contributed by atoms with van der Waals surface area (Å²) in [6.45, 7) is 1.05. The summed E-state index contributed by atoms with van der Waals surface area (Å²) in [6.07, 6.45) is 6.76. The van der Waals surface area contributed by atoms with Gasteiger partial charge in [0.15, 0.2) is 0 Å². The minimum Gasteiger partial charge on any atom is -0.445 e. The number of aromatic nitrogens is 1. The van der Waals surface area contributed by atoms with Gasteiger partial charge in [0.05, 0.1) is 11.1 Å². The van der Waals surface area contributed by atoms with Gasteiger partial charge < -0.3 is 9.64 Å². The zero-order valence-electron chi connectivity index (χ0n) is 13.9. The molecule has 24 heavy (non-hydrogen) atoms. The van der Waals surface area contributed by atoms with E-state index < -0.39 is 0 Å². The fourth-order valence-electron chi connectivity index (χ4n) is 3.01. The maximum absolute atomic E-state index is 12.6. The van der Waals surface area contributed by atoms with E-state index in [-0.39, 0.29) is 12.1 Å². The quantitative estimate of drug-likeness (QED) is 0.758. The van der Waals surface area contributed by atoms with Crippen LogP contribution in [0, 0.1) is 0 Å². The van der Waals surface area contributed by atoms with Crippen LogP contribution in [-0.2, 0) is 11.3 Å². The number of piperidine rings is 1. The molecule has 1 atom stereocenters. The van der Waals surface area contributed by atoms with Gasteiger partial charge in [0, 0.05) is 12.7 Å². The number of likely N-dealkylation sites (tertiary alicyclic amines) is 1. The lowest BCUT2D eigenvalue weighted by Crippen LogP contribution is -2.38. The van der Waals surface area contributed by atoms with Crippen molar-refractivity contribution in [3.63, 3.8) is 0 Å². The van der Waals surface area contributed by atoms with Gasteiger partial charge in [0.25, 0.3) is 0 Å². The van der Waals surface area contributed by atoms with Crippen molar-refractivity contribution < 1.29 is 9.53 Å². The van der Waals surface area contributed by atoms with Crippen molar-refractivity contribution in [1.82, 2.24) is 9.88 Å². The normalized spacial score (nSPS) is 17.5. The molecular formula is C19H22N2O2S. The molecule has 5 heteroatoms. The average molecular weight is 342 g/mol. The molecule has 0 unspecified atom stereocenters. The van der Waals surface area contributed by atoms with Crippen LogP contribution < -0.4 is 0 Å². The van der Waals surface area contributed by atoms with Crippen LogP contribution in [0.25, 0.3) is 0 Å². The van der Waals surface area contributed by atoms with Crippen LogP contribution in [-0.4, -0.2) is 28.8 Å². The third-order valence-electron chi connectivity index (χ3n) is 4.30. The highest BCUT2D eigenvalue weighted by Gasteiger charge is 2.29. The number of pyridine rings is 1. The molecule has 1 amide bonds. The number of rotatable bonds is 4.